The second-order valence-electron chi connectivity index (χ2n) is 4.76. The van der Waals surface area contributed by atoms with Gasteiger partial charge in [0, 0.05) is 10.6 Å². The number of halogens is 1. The van der Waals surface area contributed by atoms with Gasteiger partial charge in [0.15, 0.2) is 11.9 Å². The molecule has 3 heteroatoms. The van der Waals surface area contributed by atoms with Gasteiger partial charge in [-0.25, -0.2) is 0 Å². The highest BCUT2D eigenvalue weighted by Crippen LogP contribution is 2.40. The number of Topliss-reactive ketones (excluding diaryl/α,β-unsaturated/α-hetero) is 1. The van der Waals surface area contributed by atoms with Crippen molar-refractivity contribution in [3.05, 3.63) is 70.2 Å². The molecule has 1 fully saturated rings. The summed E-state index contributed by atoms with van der Waals surface area (Å²) in [5.74, 6) is 0.0160. The molecule has 0 saturated carbocycles. The molecule has 2 aromatic carbocycles. The third kappa shape index (κ3) is 2.55. The molecule has 0 amide bonds. The minimum atomic E-state index is -0.358. The van der Waals surface area contributed by atoms with Crippen LogP contribution in [0.3, 0.4) is 0 Å². The van der Waals surface area contributed by atoms with Crippen molar-refractivity contribution in [1.82, 2.24) is 0 Å². The fraction of sp³-hybridized carbons (Fsp3) is 0.188. The Hall–Kier alpha value is -1.64. The lowest BCUT2D eigenvalue weighted by Gasteiger charge is -1.99. The van der Waals surface area contributed by atoms with Crippen molar-refractivity contribution in [3.8, 4) is 0 Å². The number of carbonyl (C=O) groups excluding carboxylic acids is 1. The summed E-state index contributed by atoms with van der Waals surface area (Å²) >= 11 is 5.81. The molecule has 0 bridgehead atoms. The van der Waals surface area contributed by atoms with E-state index in [2.05, 4.69) is 0 Å². The molecule has 96 valence electrons. The van der Waals surface area contributed by atoms with E-state index in [1.807, 2.05) is 31.2 Å². The van der Waals surface area contributed by atoms with Gasteiger partial charge in [-0.05, 0) is 36.8 Å². The standard InChI is InChI=1S/C16H13ClO2/c1-10-2-4-12(5-3-10)15-16(19-15)14(18)11-6-8-13(17)9-7-11/h2-9,15-16H,1H3/t15-,16-/m0/s1. The van der Waals surface area contributed by atoms with E-state index < -0.39 is 0 Å². The maximum absolute atomic E-state index is 12.2. The van der Waals surface area contributed by atoms with E-state index in [0.29, 0.717) is 10.6 Å². The van der Waals surface area contributed by atoms with E-state index in [4.69, 9.17) is 16.3 Å². The Balaban J connectivity index is 1.74. The number of hydrogen-bond donors (Lipinski definition) is 0. The Morgan fingerprint density at radius 1 is 1.05 bits per heavy atom. The van der Waals surface area contributed by atoms with Crippen molar-refractivity contribution < 1.29 is 9.53 Å². The summed E-state index contributed by atoms with van der Waals surface area (Å²) in [5.41, 5.74) is 2.90. The average Bonchev–Trinajstić information content (AvgIpc) is 3.20. The largest absolute Gasteiger partial charge is 0.356 e. The Morgan fingerprint density at radius 3 is 2.32 bits per heavy atom. The number of hydrogen-bond acceptors (Lipinski definition) is 2. The maximum Gasteiger partial charge on any atom is 0.194 e. The van der Waals surface area contributed by atoms with Crippen molar-refractivity contribution in [1.29, 1.82) is 0 Å². The van der Waals surface area contributed by atoms with Crippen molar-refractivity contribution in [2.75, 3.05) is 0 Å². The normalized spacial score (nSPS) is 21.2. The number of rotatable bonds is 3. The summed E-state index contributed by atoms with van der Waals surface area (Å²) in [6.45, 7) is 2.04. The van der Waals surface area contributed by atoms with Crippen molar-refractivity contribution in [2.45, 2.75) is 19.1 Å². The van der Waals surface area contributed by atoms with Gasteiger partial charge in [-0.1, -0.05) is 41.4 Å². The first-order chi connectivity index (χ1) is 9.15. The van der Waals surface area contributed by atoms with Gasteiger partial charge in [0.05, 0.1) is 0 Å². The molecule has 2 aromatic rings. The fourth-order valence-electron chi connectivity index (χ4n) is 2.10. The van der Waals surface area contributed by atoms with Crippen LogP contribution in [0.25, 0.3) is 0 Å². The van der Waals surface area contributed by atoms with Crippen LogP contribution in [-0.4, -0.2) is 11.9 Å². The van der Waals surface area contributed by atoms with Crippen molar-refractivity contribution in [2.24, 2.45) is 0 Å². The lowest BCUT2D eigenvalue weighted by molar-refractivity contribution is 0.0953. The Morgan fingerprint density at radius 2 is 1.68 bits per heavy atom. The number of ketones is 1. The van der Waals surface area contributed by atoms with Gasteiger partial charge in [0.1, 0.15) is 6.10 Å². The number of ether oxygens (including phenoxy) is 1. The Bertz CT molecular complexity index is 602. The Kier molecular flexibility index (Phi) is 3.13. The highest BCUT2D eigenvalue weighted by Gasteiger charge is 2.46. The summed E-state index contributed by atoms with van der Waals surface area (Å²) in [7, 11) is 0. The molecule has 2 nitrogen and oxygen atoms in total. The summed E-state index contributed by atoms with van der Waals surface area (Å²) in [5, 5.41) is 0.628. The van der Waals surface area contributed by atoms with Crippen LogP contribution in [-0.2, 0) is 4.74 Å². The molecule has 1 aliphatic rings. The topological polar surface area (TPSA) is 29.6 Å². The van der Waals surface area contributed by atoms with Gasteiger partial charge >= 0.3 is 0 Å². The number of epoxide rings is 1. The smallest absolute Gasteiger partial charge is 0.194 e. The van der Waals surface area contributed by atoms with Gasteiger partial charge < -0.3 is 4.74 Å². The minimum Gasteiger partial charge on any atom is -0.356 e. The molecule has 0 aromatic heterocycles. The Labute approximate surface area is 117 Å². The lowest BCUT2D eigenvalue weighted by Crippen LogP contribution is -2.07. The second kappa shape index (κ2) is 4.80. The van der Waals surface area contributed by atoms with E-state index in [0.717, 1.165) is 5.56 Å². The van der Waals surface area contributed by atoms with E-state index in [9.17, 15) is 4.79 Å². The molecular weight excluding hydrogens is 260 g/mol. The van der Waals surface area contributed by atoms with Crippen LogP contribution in [0.5, 0.6) is 0 Å². The summed E-state index contributed by atoms with van der Waals surface area (Å²) in [6.07, 6.45) is -0.465. The quantitative estimate of drug-likeness (QED) is 0.625. The van der Waals surface area contributed by atoms with E-state index >= 15 is 0 Å². The zero-order valence-electron chi connectivity index (χ0n) is 10.5. The SMILES string of the molecule is Cc1ccc([C@@H]2O[C@H]2C(=O)c2ccc(Cl)cc2)cc1. The van der Waals surface area contributed by atoms with Gasteiger partial charge in [-0.2, -0.15) is 0 Å². The van der Waals surface area contributed by atoms with Crippen LogP contribution in [0.4, 0.5) is 0 Å². The molecular formula is C16H13ClO2. The zero-order valence-corrected chi connectivity index (χ0v) is 11.2. The first-order valence-electron chi connectivity index (χ1n) is 6.17. The van der Waals surface area contributed by atoms with Gasteiger partial charge in [-0.3, -0.25) is 4.79 Å². The molecule has 1 saturated heterocycles. The van der Waals surface area contributed by atoms with Gasteiger partial charge in [-0.15, -0.1) is 0 Å². The van der Waals surface area contributed by atoms with Gasteiger partial charge in [0.25, 0.3) is 0 Å². The van der Waals surface area contributed by atoms with E-state index in [1.54, 1.807) is 24.3 Å². The highest BCUT2D eigenvalue weighted by molar-refractivity contribution is 6.30. The van der Waals surface area contributed by atoms with Crippen LogP contribution < -0.4 is 0 Å². The highest BCUT2D eigenvalue weighted by atomic mass is 35.5. The van der Waals surface area contributed by atoms with Crippen LogP contribution in [0.2, 0.25) is 5.02 Å². The van der Waals surface area contributed by atoms with E-state index in [1.165, 1.54) is 5.56 Å². The van der Waals surface area contributed by atoms with Crippen molar-refractivity contribution >= 4 is 17.4 Å². The summed E-state index contributed by atoms with van der Waals surface area (Å²) in [6, 6.07) is 15.0. The van der Waals surface area contributed by atoms with Crippen molar-refractivity contribution in [3.63, 3.8) is 0 Å². The fourth-order valence-corrected chi connectivity index (χ4v) is 2.23. The van der Waals surface area contributed by atoms with E-state index in [-0.39, 0.29) is 18.0 Å². The molecule has 0 aliphatic carbocycles. The first kappa shape index (κ1) is 12.4. The predicted octanol–water partition coefficient (Wildman–Crippen LogP) is 3.97. The monoisotopic (exact) mass is 272 g/mol. The number of carbonyl (C=O) groups is 1. The number of benzene rings is 2. The summed E-state index contributed by atoms with van der Waals surface area (Å²) in [4.78, 5) is 12.2. The minimum absolute atomic E-state index is 0.0160. The van der Waals surface area contributed by atoms with Gasteiger partial charge in [0.2, 0.25) is 0 Å². The molecule has 3 rings (SSSR count). The van der Waals surface area contributed by atoms with Crippen LogP contribution in [0.1, 0.15) is 27.6 Å². The van der Waals surface area contributed by atoms with Crippen LogP contribution in [0, 0.1) is 6.92 Å². The maximum atomic E-state index is 12.2. The third-order valence-corrected chi connectivity index (χ3v) is 3.54. The predicted molar refractivity (Wildman–Crippen MR) is 74.6 cm³/mol. The molecule has 2 atom stereocenters. The first-order valence-corrected chi connectivity index (χ1v) is 6.55. The molecule has 0 N–H and O–H groups in total. The van der Waals surface area contributed by atoms with Crippen LogP contribution >= 0.6 is 11.6 Å². The average molecular weight is 273 g/mol. The molecule has 0 spiro atoms. The van der Waals surface area contributed by atoms with Crippen LogP contribution in [0.15, 0.2) is 48.5 Å². The molecule has 0 unspecified atom stereocenters. The number of aryl methyl sites for hydroxylation is 1. The summed E-state index contributed by atoms with van der Waals surface area (Å²) < 4.78 is 5.51. The molecule has 1 aliphatic heterocycles. The lowest BCUT2D eigenvalue weighted by atomic mass is 10.0. The second-order valence-corrected chi connectivity index (χ2v) is 5.20. The zero-order chi connectivity index (χ0) is 13.4. The molecule has 0 radical (unpaired) electrons. The molecule has 19 heavy (non-hydrogen) atoms. The molecule has 1 heterocycles. The third-order valence-electron chi connectivity index (χ3n) is 3.28.